The van der Waals surface area contributed by atoms with E-state index in [0.29, 0.717) is 23.0 Å². The van der Waals surface area contributed by atoms with Crippen LogP contribution in [-0.4, -0.2) is 6.04 Å². The van der Waals surface area contributed by atoms with Crippen molar-refractivity contribution < 1.29 is 0 Å². The largest absolute Gasteiger partial charge is 0.309 e. The molecule has 0 aliphatic rings. The monoisotopic (exact) mass is 241 g/mol. The van der Waals surface area contributed by atoms with Gasteiger partial charge < -0.3 is 5.32 Å². The zero-order valence-corrected chi connectivity index (χ0v) is 10.1. The highest BCUT2D eigenvalue weighted by Crippen LogP contribution is 2.25. The summed E-state index contributed by atoms with van der Waals surface area (Å²) in [6.07, 6.45) is 5.92. The fourth-order valence-electron chi connectivity index (χ4n) is 1.22. The lowest BCUT2D eigenvalue weighted by Gasteiger charge is -2.12. The van der Waals surface area contributed by atoms with E-state index in [2.05, 4.69) is 11.2 Å². The Kier molecular flexibility index (Phi) is 4.98. The van der Waals surface area contributed by atoms with E-state index in [1.165, 1.54) is 0 Å². The molecule has 1 aromatic rings. The van der Waals surface area contributed by atoms with Gasteiger partial charge in [0.2, 0.25) is 0 Å². The van der Waals surface area contributed by atoms with E-state index in [-0.39, 0.29) is 6.04 Å². The molecule has 0 bridgehead atoms. The summed E-state index contributed by atoms with van der Waals surface area (Å²) < 4.78 is 0. The summed E-state index contributed by atoms with van der Waals surface area (Å²) >= 11 is 11.9. The fourth-order valence-corrected chi connectivity index (χ4v) is 1.61. The highest BCUT2D eigenvalue weighted by atomic mass is 35.5. The molecular formula is C12H13Cl2N. The number of halogens is 2. The number of terminal acetylenes is 1. The second kappa shape index (κ2) is 6.02. The van der Waals surface area contributed by atoms with Crippen molar-refractivity contribution >= 4 is 23.2 Å². The number of rotatable bonds is 4. The van der Waals surface area contributed by atoms with Crippen molar-refractivity contribution in [3.8, 4) is 12.3 Å². The van der Waals surface area contributed by atoms with Gasteiger partial charge in [-0.15, -0.1) is 12.3 Å². The first-order valence-corrected chi connectivity index (χ1v) is 5.50. The van der Waals surface area contributed by atoms with Gasteiger partial charge in [-0.25, -0.2) is 0 Å². The van der Waals surface area contributed by atoms with Gasteiger partial charge in [0.25, 0.3) is 0 Å². The molecule has 0 saturated carbocycles. The van der Waals surface area contributed by atoms with Crippen LogP contribution in [0.4, 0.5) is 0 Å². The van der Waals surface area contributed by atoms with Gasteiger partial charge in [0.15, 0.2) is 0 Å². The lowest BCUT2D eigenvalue weighted by Crippen LogP contribution is -2.24. The van der Waals surface area contributed by atoms with Crippen LogP contribution in [0.5, 0.6) is 0 Å². The topological polar surface area (TPSA) is 12.0 Å². The summed E-state index contributed by atoms with van der Waals surface area (Å²) in [6, 6.07) is 5.89. The normalized spacial score (nSPS) is 12.1. The average Bonchev–Trinajstić information content (AvgIpc) is 2.21. The van der Waals surface area contributed by atoms with Gasteiger partial charge in [0, 0.05) is 19.0 Å². The Morgan fingerprint density at radius 3 is 2.87 bits per heavy atom. The predicted octanol–water partition coefficient (Wildman–Crippen LogP) is 3.49. The quantitative estimate of drug-likeness (QED) is 0.797. The van der Waals surface area contributed by atoms with Crippen molar-refractivity contribution in [2.75, 3.05) is 0 Å². The van der Waals surface area contributed by atoms with Crippen molar-refractivity contribution in [1.82, 2.24) is 5.32 Å². The number of hydrogen-bond acceptors (Lipinski definition) is 1. The molecule has 1 N–H and O–H groups in total. The highest BCUT2D eigenvalue weighted by Gasteiger charge is 2.05. The molecule has 1 atom stereocenters. The first-order valence-electron chi connectivity index (χ1n) is 4.75. The van der Waals surface area contributed by atoms with E-state index in [9.17, 15) is 0 Å². The minimum Gasteiger partial charge on any atom is -0.309 e. The first-order chi connectivity index (χ1) is 7.15. The Labute approximate surface area is 101 Å². The molecule has 0 spiro atoms. The lowest BCUT2D eigenvalue weighted by atomic mass is 10.2. The number of hydrogen-bond donors (Lipinski definition) is 1. The lowest BCUT2D eigenvalue weighted by molar-refractivity contribution is 0.559. The Balaban J connectivity index is 2.58. The molecule has 80 valence electrons. The molecule has 0 saturated heterocycles. The van der Waals surface area contributed by atoms with Crippen LogP contribution < -0.4 is 5.32 Å². The molecule has 0 aliphatic carbocycles. The Morgan fingerprint density at radius 1 is 1.47 bits per heavy atom. The molecule has 1 nitrogen and oxygen atoms in total. The van der Waals surface area contributed by atoms with Crippen LogP contribution in [-0.2, 0) is 6.54 Å². The Bertz CT molecular complexity index is 368. The molecule has 1 unspecified atom stereocenters. The van der Waals surface area contributed by atoms with Crippen LogP contribution in [0.3, 0.4) is 0 Å². The molecule has 0 amide bonds. The summed E-state index contributed by atoms with van der Waals surface area (Å²) in [5, 5.41) is 4.48. The maximum atomic E-state index is 6.04. The Morgan fingerprint density at radius 2 is 2.20 bits per heavy atom. The molecule has 0 radical (unpaired) electrons. The van der Waals surface area contributed by atoms with Crippen molar-refractivity contribution in [3.05, 3.63) is 33.8 Å². The summed E-state index contributed by atoms with van der Waals surface area (Å²) in [6.45, 7) is 2.72. The number of nitrogens with one attached hydrogen (secondary N) is 1. The van der Waals surface area contributed by atoms with Crippen LogP contribution in [0.25, 0.3) is 0 Å². The van der Waals surface area contributed by atoms with Crippen molar-refractivity contribution in [1.29, 1.82) is 0 Å². The molecular weight excluding hydrogens is 229 g/mol. The molecule has 0 aromatic heterocycles. The molecule has 0 heterocycles. The number of benzene rings is 1. The summed E-state index contributed by atoms with van der Waals surface area (Å²) in [7, 11) is 0. The SMILES string of the molecule is C#CCC(C)NCc1cccc(Cl)c1Cl. The maximum Gasteiger partial charge on any atom is 0.0637 e. The fraction of sp³-hybridized carbons (Fsp3) is 0.333. The highest BCUT2D eigenvalue weighted by molar-refractivity contribution is 6.42. The van der Waals surface area contributed by atoms with Gasteiger partial charge >= 0.3 is 0 Å². The van der Waals surface area contributed by atoms with Crippen LogP contribution >= 0.6 is 23.2 Å². The van der Waals surface area contributed by atoms with Crippen LogP contribution in [0.2, 0.25) is 10.0 Å². The van der Waals surface area contributed by atoms with E-state index >= 15 is 0 Å². The van der Waals surface area contributed by atoms with Gasteiger partial charge in [-0.2, -0.15) is 0 Å². The van der Waals surface area contributed by atoms with Gasteiger partial charge in [0.05, 0.1) is 10.0 Å². The van der Waals surface area contributed by atoms with Crippen LogP contribution in [0.15, 0.2) is 18.2 Å². The predicted molar refractivity (Wildman–Crippen MR) is 66.2 cm³/mol. The zero-order chi connectivity index (χ0) is 11.3. The van der Waals surface area contributed by atoms with E-state index in [0.717, 1.165) is 5.56 Å². The van der Waals surface area contributed by atoms with Crippen molar-refractivity contribution in [2.24, 2.45) is 0 Å². The molecule has 0 aliphatic heterocycles. The second-order valence-electron chi connectivity index (χ2n) is 3.40. The van der Waals surface area contributed by atoms with Gasteiger partial charge in [-0.3, -0.25) is 0 Å². The van der Waals surface area contributed by atoms with Crippen molar-refractivity contribution in [3.63, 3.8) is 0 Å². The third kappa shape index (κ3) is 3.76. The standard InChI is InChI=1S/C12H13Cl2N/c1-3-5-9(2)15-8-10-6-4-7-11(13)12(10)14/h1,4,6-7,9,15H,5,8H2,2H3. The summed E-state index contributed by atoms with van der Waals surface area (Å²) in [5.41, 5.74) is 0.994. The summed E-state index contributed by atoms with van der Waals surface area (Å²) in [5.74, 6) is 2.61. The average molecular weight is 242 g/mol. The molecule has 3 heteroatoms. The van der Waals surface area contributed by atoms with Gasteiger partial charge in [0.1, 0.15) is 0 Å². The van der Waals surface area contributed by atoms with Gasteiger partial charge in [-0.05, 0) is 18.6 Å². The van der Waals surface area contributed by atoms with Gasteiger partial charge in [-0.1, -0.05) is 35.3 Å². The van der Waals surface area contributed by atoms with E-state index in [1.807, 2.05) is 19.1 Å². The third-order valence-electron chi connectivity index (χ3n) is 2.10. The van der Waals surface area contributed by atoms with E-state index in [4.69, 9.17) is 29.6 Å². The maximum absolute atomic E-state index is 6.04. The minimum atomic E-state index is 0.282. The molecule has 1 rings (SSSR count). The zero-order valence-electron chi connectivity index (χ0n) is 8.56. The van der Waals surface area contributed by atoms with Crippen LogP contribution in [0, 0.1) is 12.3 Å². The van der Waals surface area contributed by atoms with E-state index in [1.54, 1.807) is 6.07 Å². The third-order valence-corrected chi connectivity index (χ3v) is 2.95. The molecule has 15 heavy (non-hydrogen) atoms. The molecule has 0 fully saturated rings. The van der Waals surface area contributed by atoms with Crippen molar-refractivity contribution in [2.45, 2.75) is 25.9 Å². The smallest absolute Gasteiger partial charge is 0.0637 e. The first kappa shape index (κ1) is 12.4. The Hall–Kier alpha value is -0.680. The van der Waals surface area contributed by atoms with Crippen LogP contribution in [0.1, 0.15) is 18.9 Å². The molecule has 1 aromatic carbocycles. The van der Waals surface area contributed by atoms with E-state index < -0.39 is 0 Å². The minimum absolute atomic E-state index is 0.282. The summed E-state index contributed by atoms with van der Waals surface area (Å²) in [4.78, 5) is 0. The second-order valence-corrected chi connectivity index (χ2v) is 4.19.